The monoisotopic (exact) mass is 570 g/mol. The zero-order valence-corrected chi connectivity index (χ0v) is 24.8. The lowest BCUT2D eigenvalue weighted by Gasteiger charge is -2.38. The Bertz CT molecular complexity index is 1160. The van der Waals surface area contributed by atoms with Gasteiger partial charge >= 0.3 is 0 Å². The fourth-order valence-corrected chi connectivity index (χ4v) is 7.36. The van der Waals surface area contributed by atoms with E-state index in [1.165, 1.54) is 0 Å². The maximum absolute atomic E-state index is 14.2. The van der Waals surface area contributed by atoms with Crippen LogP contribution in [0.25, 0.3) is 0 Å². The molecule has 1 aliphatic carbocycles. The molecule has 3 heterocycles. The number of hydrogen-bond donors (Lipinski definition) is 2. The number of nitrogens with one attached hydrogen (secondary N) is 2. The van der Waals surface area contributed by atoms with Gasteiger partial charge in [-0.05, 0) is 56.5 Å². The zero-order chi connectivity index (χ0) is 28.6. The molecule has 3 amide bonds. The first-order valence-corrected chi connectivity index (χ1v) is 15.3. The number of anilines is 1. The normalized spacial score (nSPS) is 34.4. The molecule has 0 aromatic heterocycles. The van der Waals surface area contributed by atoms with Crippen LogP contribution in [0, 0.1) is 23.7 Å². The highest BCUT2D eigenvalue weighted by Crippen LogP contribution is 2.55. The second kappa shape index (κ2) is 11.8. The van der Waals surface area contributed by atoms with Crippen LogP contribution in [0.4, 0.5) is 5.69 Å². The topological polar surface area (TPSA) is 91.0 Å². The first-order chi connectivity index (χ1) is 19.2. The van der Waals surface area contributed by atoms with Gasteiger partial charge in [-0.15, -0.1) is 0 Å². The van der Waals surface area contributed by atoms with Crippen LogP contribution < -0.4 is 10.6 Å². The van der Waals surface area contributed by atoms with E-state index in [1.807, 2.05) is 19.2 Å². The van der Waals surface area contributed by atoms with Crippen LogP contribution in [0.15, 0.2) is 36.4 Å². The van der Waals surface area contributed by atoms with Gasteiger partial charge in [0.1, 0.15) is 11.6 Å². The van der Waals surface area contributed by atoms with E-state index in [4.69, 9.17) is 16.3 Å². The molecule has 1 aromatic carbocycles. The van der Waals surface area contributed by atoms with Crippen molar-refractivity contribution < 1.29 is 19.1 Å². The van der Waals surface area contributed by atoms with Crippen molar-refractivity contribution in [3.8, 4) is 0 Å². The van der Waals surface area contributed by atoms with Crippen molar-refractivity contribution in [3.63, 3.8) is 0 Å². The number of hydrogen-bond acceptors (Lipinski definition) is 5. The number of unbranched alkanes of at least 4 members (excludes halogenated alkanes) is 1. The minimum absolute atomic E-state index is 0.0559. The molecule has 1 saturated carbocycles. The van der Waals surface area contributed by atoms with Crippen molar-refractivity contribution in [1.82, 2.24) is 15.1 Å². The molecule has 0 radical (unpaired) electrons. The van der Waals surface area contributed by atoms with Crippen molar-refractivity contribution in [1.29, 1.82) is 0 Å². The number of carbonyl (C=O) groups excluding carboxylic acids is 3. The number of amides is 3. The summed E-state index contributed by atoms with van der Waals surface area (Å²) in [5.74, 6) is -1.29. The fraction of sp³-hybridized carbons (Fsp3) is 0.645. The lowest BCUT2D eigenvalue weighted by Crippen LogP contribution is -2.58. The fourth-order valence-electron chi connectivity index (χ4n) is 7.17. The highest BCUT2D eigenvalue weighted by Gasteiger charge is 2.72. The molecule has 8 nitrogen and oxygen atoms in total. The van der Waals surface area contributed by atoms with E-state index in [1.54, 1.807) is 29.2 Å². The van der Waals surface area contributed by atoms with Gasteiger partial charge in [-0.2, -0.15) is 0 Å². The average molecular weight is 571 g/mol. The predicted molar refractivity (Wildman–Crippen MR) is 156 cm³/mol. The molecular formula is C31H43ClN4O4. The molecule has 0 unspecified atom stereocenters. The summed E-state index contributed by atoms with van der Waals surface area (Å²) in [5, 5.41) is 6.76. The Morgan fingerprint density at radius 1 is 1.20 bits per heavy atom. The van der Waals surface area contributed by atoms with Crippen LogP contribution in [-0.4, -0.2) is 78.0 Å². The van der Waals surface area contributed by atoms with Crippen LogP contribution in [0.3, 0.4) is 0 Å². The Morgan fingerprint density at radius 2 is 2.00 bits per heavy atom. The third-order valence-electron chi connectivity index (χ3n) is 9.67. The molecule has 2 bridgehead atoms. The van der Waals surface area contributed by atoms with Gasteiger partial charge in [-0.25, -0.2) is 0 Å². The Morgan fingerprint density at radius 3 is 2.75 bits per heavy atom. The summed E-state index contributed by atoms with van der Waals surface area (Å²) in [6.07, 6.45) is 8.49. The van der Waals surface area contributed by atoms with Crippen LogP contribution in [0.2, 0.25) is 5.02 Å². The lowest BCUT2D eigenvalue weighted by molar-refractivity contribution is -0.141. The molecule has 5 rings (SSSR count). The van der Waals surface area contributed by atoms with Crippen molar-refractivity contribution in [3.05, 3.63) is 41.4 Å². The quantitative estimate of drug-likeness (QED) is 0.413. The first kappa shape index (κ1) is 29.1. The van der Waals surface area contributed by atoms with Crippen LogP contribution in [0.5, 0.6) is 0 Å². The number of fused-ring (bicyclic) bond motifs is 1. The van der Waals surface area contributed by atoms with E-state index in [9.17, 15) is 14.4 Å². The highest BCUT2D eigenvalue weighted by molar-refractivity contribution is 6.30. The SMILES string of the molecule is CCCCN(C)CCN1C(=O)[C@@H]2[C@H](C(=O)Nc3cccc(Cl)c3)[C@@H]3C=C[C@@]2(O3)[C@@H]1C(=O)N[C@@H]1CCC[C@@H](C)[C@@H]1C. The van der Waals surface area contributed by atoms with E-state index >= 15 is 0 Å². The summed E-state index contributed by atoms with van der Waals surface area (Å²) < 4.78 is 6.49. The maximum atomic E-state index is 14.2. The summed E-state index contributed by atoms with van der Waals surface area (Å²) in [6, 6.07) is 6.18. The van der Waals surface area contributed by atoms with Gasteiger partial charge in [-0.3, -0.25) is 14.4 Å². The Balaban J connectivity index is 1.41. The standard InChI is InChI=1S/C31H43ClN4O4/c1-5-6-15-35(4)16-17-36-27(29(38)34-23-12-7-9-19(2)20(23)3)31-14-13-24(40-31)25(26(31)30(36)39)28(37)33-22-11-8-10-21(32)18-22/h8,10-11,13-14,18-20,23-27H,5-7,9,12,15-17H2,1-4H3,(H,33,37)(H,34,38)/t19-,20+,23-,24+,25-,26+,27+,31+/m1/s1. The summed E-state index contributed by atoms with van der Waals surface area (Å²) in [7, 11) is 2.04. The number of nitrogens with zero attached hydrogens (tertiary/aromatic N) is 2. The first-order valence-electron chi connectivity index (χ1n) is 14.9. The summed E-state index contributed by atoms with van der Waals surface area (Å²) in [4.78, 5) is 45.8. The molecule has 1 spiro atoms. The van der Waals surface area contributed by atoms with Crippen molar-refractivity contribution in [2.45, 2.75) is 76.7 Å². The van der Waals surface area contributed by atoms with E-state index in [-0.39, 0.29) is 23.8 Å². The summed E-state index contributed by atoms with van der Waals surface area (Å²) in [6.45, 7) is 8.55. The summed E-state index contributed by atoms with van der Waals surface area (Å²) in [5.41, 5.74) is -0.596. The molecule has 2 N–H and O–H groups in total. The number of benzene rings is 1. The van der Waals surface area contributed by atoms with Gasteiger partial charge in [-0.1, -0.05) is 69.9 Å². The zero-order valence-electron chi connectivity index (χ0n) is 24.1. The Labute approximate surface area is 242 Å². The molecule has 3 aliphatic heterocycles. The third kappa shape index (κ3) is 5.30. The van der Waals surface area contributed by atoms with Gasteiger partial charge in [0.2, 0.25) is 17.7 Å². The smallest absolute Gasteiger partial charge is 0.246 e. The average Bonchev–Trinajstić information content (AvgIpc) is 3.56. The molecule has 4 aliphatic rings. The van der Waals surface area contributed by atoms with Crippen LogP contribution in [0.1, 0.15) is 52.9 Å². The van der Waals surface area contributed by atoms with Gasteiger partial charge < -0.3 is 25.2 Å². The Kier molecular flexibility index (Phi) is 8.60. The number of halogens is 1. The van der Waals surface area contributed by atoms with Crippen molar-refractivity contribution in [2.24, 2.45) is 23.7 Å². The summed E-state index contributed by atoms with van der Waals surface area (Å²) >= 11 is 6.13. The van der Waals surface area contributed by atoms with Gasteiger partial charge in [0, 0.05) is 29.8 Å². The van der Waals surface area contributed by atoms with Crippen molar-refractivity contribution in [2.75, 3.05) is 32.0 Å². The van der Waals surface area contributed by atoms with E-state index < -0.39 is 29.6 Å². The van der Waals surface area contributed by atoms with Gasteiger partial charge in [0.15, 0.2) is 0 Å². The molecule has 40 heavy (non-hydrogen) atoms. The van der Waals surface area contributed by atoms with Crippen LogP contribution >= 0.6 is 11.6 Å². The number of rotatable bonds is 10. The van der Waals surface area contributed by atoms with Crippen molar-refractivity contribution >= 4 is 35.0 Å². The largest absolute Gasteiger partial charge is 0.359 e. The third-order valence-corrected chi connectivity index (χ3v) is 9.90. The number of ether oxygens (including phenoxy) is 1. The minimum Gasteiger partial charge on any atom is -0.359 e. The van der Waals surface area contributed by atoms with E-state index in [0.29, 0.717) is 35.6 Å². The molecule has 2 saturated heterocycles. The van der Waals surface area contributed by atoms with E-state index in [0.717, 1.165) is 38.6 Å². The number of likely N-dealkylation sites (N-methyl/N-ethyl adjacent to an activating group) is 1. The number of carbonyl (C=O) groups is 3. The lowest BCUT2D eigenvalue weighted by atomic mass is 9.73. The maximum Gasteiger partial charge on any atom is 0.246 e. The molecule has 9 heteroatoms. The molecule has 8 atom stereocenters. The van der Waals surface area contributed by atoms with Gasteiger partial charge in [0.25, 0.3) is 0 Å². The van der Waals surface area contributed by atoms with E-state index in [2.05, 4.69) is 36.3 Å². The second-order valence-electron chi connectivity index (χ2n) is 12.3. The van der Waals surface area contributed by atoms with Crippen LogP contribution in [-0.2, 0) is 19.1 Å². The molecular weight excluding hydrogens is 528 g/mol. The molecule has 1 aromatic rings. The molecule has 3 fully saturated rings. The predicted octanol–water partition coefficient (Wildman–Crippen LogP) is 4.10. The number of likely N-dealkylation sites (tertiary alicyclic amines) is 1. The second-order valence-corrected chi connectivity index (χ2v) is 12.7. The van der Waals surface area contributed by atoms with Gasteiger partial charge in [0.05, 0.1) is 17.9 Å². The molecule has 218 valence electrons. The highest BCUT2D eigenvalue weighted by atomic mass is 35.5. The Hall–Kier alpha value is -2.42. The minimum atomic E-state index is -1.16.